The number of hydrogen-bond donors (Lipinski definition) is 2. The van der Waals surface area contributed by atoms with Crippen molar-refractivity contribution in [3.8, 4) is 23.7 Å². The van der Waals surface area contributed by atoms with E-state index >= 15 is 0 Å². The Hall–Kier alpha value is -1.48. The minimum atomic E-state index is -0.174. The van der Waals surface area contributed by atoms with Crippen molar-refractivity contribution in [2.24, 2.45) is 0 Å². The quantitative estimate of drug-likeness (QED) is 0.400. The maximum atomic E-state index is 9.51. The van der Waals surface area contributed by atoms with E-state index in [4.69, 9.17) is 5.11 Å². The Labute approximate surface area is 117 Å². The van der Waals surface area contributed by atoms with Crippen LogP contribution in [0, 0.1) is 23.7 Å². The SMILES string of the molecule is CCCC(O)CCC=CC=CC#CC#CCCCO. The van der Waals surface area contributed by atoms with Crippen molar-refractivity contribution in [3.05, 3.63) is 24.3 Å². The Bertz CT molecular complexity index is 372. The molecule has 0 fully saturated rings. The van der Waals surface area contributed by atoms with Gasteiger partial charge in [0.1, 0.15) is 0 Å². The minimum absolute atomic E-state index is 0.174. The Kier molecular flexibility index (Phi) is 13.4. The lowest BCUT2D eigenvalue weighted by Crippen LogP contribution is -2.04. The Balaban J connectivity index is 3.66. The summed E-state index contributed by atoms with van der Waals surface area (Å²) in [7, 11) is 0. The fraction of sp³-hybridized carbons (Fsp3) is 0.529. The molecule has 0 aromatic heterocycles. The third-order valence-electron chi connectivity index (χ3n) is 2.40. The molecule has 0 saturated carbocycles. The number of unbranched alkanes of at least 4 members (excludes halogenated alkanes) is 1. The van der Waals surface area contributed by atoms with Gasteiger partial charge in [-0.25, -0.2) is 0 Å². The molecule has 2 nitrogen and oxygen atoms in total. The van der Waals surface area contributed by atoms with Gasteiger partial charge in [0.05, 0.1) is 6.10 Å². The van der Waals surface area contributed by atoms with E-state index < -0.39 is 0 Å². The third-order valence-corrected chi connectivity index (χ3v) is 2.40. The summed E-state index contributed by atoms with van der Waals surface area (Å²) in [4.78, 5) is 0. The average molecular weight is 260 g/mol. The molecule has 2 N–H and O–H groups in total. The Morgan fingerprint density at radius 2 is 2.00 bits per heavy atom. The van der Waals surface area contributed by atoms with Crippen molar-refractivity contribution in [3.63, 3.8) is 0 Å². The smallest absolute Gasteiger partial charge is 0.0543 e. The van der Waals surface area contributed by atoms with Crippen LogP contribution in [0.4, 0.5) is 0 Å². The lowest BCUT2D eigenvalue weighted by atomic mass is 10.1. The van der Waals surface area contributed by atoms with Crippen LogP contribution in [-0.2, 0) is 0 Å². The zero-order valence-corrected chi connectivity index (χ0v) is 11.7. The van der Waals surface area contributed by atoms with Gasteiger partial charge in [0.15, 0.2) is 0 Å². The maximum absolute atomic E-state index is 9.51. The number of hydrogen-bond acceptors (Lipinski definition) is 2. The highest BCUT2D eigenvalue weighted by molar-refractivity contribution is 5.31. The molecule has 0 aliphatic carbocycles. The number of aliphatic hydroxyl groups excluding tert-OH is 2. The van der Waals surface area contributed by atoms with E-state index in [-0.39, 0.29) is 12.7 Å². The van der Waals surface area contributed by atoms with Crippen LogP contribution in [0.1, 0.15) is 45.4 Å². The molecule has 0 heterocycles. The van der Waals surface area contributed by atoms with Gasteiger partial charge in [-0.15, -0.1) is 0 Å². The maximum Gasteiger partial charge on any atom is 0.0543 e. The average Bonchev–Trinajstić information content (AvgIpc) is 2.40. The molecule has 2 heteroatoms. The van der Waals surface area contributed by atoms with Crippen molar-refractivity contribution in [2.45, 2.75) is 51.6 Å². The van der Waals surface area contributed by atoms with E-state index in [1.54, 1.807) is 6.08 Å². The van der Waals surface area contributed by atoms with Crippen LogP contribution in [0.5, 0.6) is 0 Å². The summed E-state index contributed by atoms with van der Waals surface area (Å²) in [6, 6.07) is 0. The second-order valence-corrected chi connectivity index (χ2v) is 4.21. The summed E-state index contributed by atoms with van der Waals surface area (Å²) in [5, 5.41) is 18.0. The first-order chi connectivity index (χ1) is 9.31. The predicted molar refractivity (Wildman–Crippen MR) is 80.3 cm³/mol. The standard InChI is InChI=1S/C17H24O2/c1-2-14-17(19)15-12-10-8-6-4-3-5-7-9-11-13-16-18/h4,6,8,10,17-19H,2,11-16H2,1H3. The molecule has 0 bridgehead atoms. The zero-order chi connectivity index (χ0) is 14.2. The van der Waals surface area contributed by atoms with Crippen molar-refractivity contribution in [1.29, 1.82) is 0 Å². The lowest BCUT2D eigenvalue weighted by molar-refractivity contribution is 0.155. The van der Waals surface area contributed by atoms with Crippen LogP contribution in [0.3, 0.4) is 0 Å². The van der Waals surface area contributed by atoms with Gasteiger partial charge in [0.25, 0.3) is 0 Å². The molecule has 1 atom stereocenters. The van der Waals surface area contributed by atoms with Gasteiger partial charge in [-0.05, 0) is 43.6 Å². The van der Waals surface area contributed by atoms with Gasteiger partial charge in [0.2, 0.25) is 0 Å². The van der Waals surface area contributed by atoms with E-state index in [1.807, 2.05) is 18.2 Å². The molecule has 0 aliphatic rings. The summed E-state index contributed by atoms with van der Waals surface area (Å²) in [6.45, 7) is 2.26. The molecule has 19 heavy (non-hydrogen) atoms. The van der Waals surface area contributed by atoms with Gasteiger partial charge in [-0.1, -0.05) is 43.4 Å². The van der Waals surface area contributed by atoms with Crippen molar-refractivity contribution in [1.82, 2.24) is 0 Å². The molecular formula is C17H24O2. The largest absolute Gasteiger partial charge is 0.396 e. The predicted octanol–water partition coefficient (Wildman–Crippen LogP) is 2.82. The Morgan fingerprint density at radius 3 is 2.74 bits per heavy atom. The summed E-state index contributed by atoms with van der Waals surface area (Å²) in [5.41, 5.74) is 0. The molecule has 0 aliphatic heterocycles. The topological polar surface area (TPSA) is 40.5 Å². The molecule has 0 spiro atoms. The van der Waals surface area contributed by atoms with Crippen molar-refractivity contribution < 1.29 is 10.2 Å². The summed E-state index contributed by atoms with van der Waals surface area (Å²) in [6.07, 6.45) is 12.4. The van der Waals surface area contributed by atoms with Crippen LogP contribution in [-0.4, -0.2) is 22.9 Å². The first-order valence-corrected chi connectivity index (χ1v) is 6.90. The van der Waals surface area contributed by atoms with Gasteiger partial charge < -0.3 is 10.2 Å². The van der Waals surface area contributed by atoms with Gasteiger partial charge in [0, 0.05) is 13.0 Å². The molecular weight excluding hydrogens is 236 g/mol. The number of rotatable bonds is 8. The first kappa shape index (κ1) is 17.5. The molecule has 1 unspecified atom stereocenters. The van der Waals surface area contributed by atoms with E-state index in [2.05, 4.69) is 30.6 Å². The van der Waals surface area contributed by atoms with Crippen LogP contribution in [0.25, 0.3) is 0 Å². The molecule has 0 saturated heterocycles. The van der Waals surface area contributed by atoms with E-state index in [9.17, 15) is 5.11 Å². The molecule has 0 amide bonds. The molecule has 0 aromatic carbocycles. The molecule has 0 rings (SSSR count). The second kappa shape index (κ2) is 14.6. The number of allylic oxidation sites excluding steroid dienone is 4. The van der Waals surface area contributed by atoms with Crippen LogP contribution < -0.4 is 0 Å². The summed E-state index contributed by atoms with van der Waals surface area (Å²) >= 11 is 0. The van der Waals surface area contributed by atoms with Gasteiger partial charge in [-0.3, -0.25) is 0 Å². The first-order valence-electron chi connectivity index (χ1n) is 6.90. The number of aliphatic hydroxyl groups is 2. The van der Waals surface area contributed by atoms with Crippen molar-refractivity contribution in [2.75, 3.05) is 6.61 Å². The second-order valence-electron chi connectivity index (χ2n) is 4.21. The van der Waals surface area contributed by atoms with Crippen LogP contribution in [0.15, 0.2) is 24.3 Å². The lowest BCUT2D eigenvalue weighted by Gasteiger charge is -2.05. The van der Waals surface area contributed by atoms with Crippen LogP contribution >= 0.6 is 0 Å². The fourth-order valence-electron chi connectivity index (χ4n) is 1.40. The highest BCUT2D eigenvalue weighted by Crippen LogP contribution is 2.04. The van der Waals surface area contributed by atoms with Gasteiger partial charge >= 0.3 is 0 Å². The van der Waals surface area contributed by atoms with Gasteiger partial charge in [-0.2, -0.15) is 0 Å². The third kappa shape index (κ3) is 14.5. The summed E-state index contributed by atoms with van der Waals surface area (Å²) in [5.74, 6) is 11.1. The Morgan fingerprint density at radius 1 is 1.16 bits per heavy atom. The zero-order valence-electron chi connectivity index (χ0n) is 11.7. The highest BCUT2D eigenvalue weighted by atomic mass is 16.3. The van der Waals surface area contributed by atoms with Crippen molar-refractivity contribution >= 4 is 0 Å². The highest BCUT2D eigenvalue weighted by Gasteiger charge is 1.98. The molecule has 0 aromatic rings. The summed E-state index contributed by atoms with van der Waals surface area (Å²) < 4.78 is 0. The van der Waals surface area contributed by atoms with E-state index in [0.717, 1.165) is 25.7 Å². The normalized spacial score (nSPS) is 11.9. The van der Waals surface area contributed by atoms with Crippen LogP contribution in [0.2, 0.25) is 0 Å². The monoisotopic (exact) mass is 260 g/mol. The molecule has 104 valence electrons. The fourth-order valence-corrected chi connectivity index (χ4v) is 1.40. The minimum Gasteiger partial charge on any atom is -0.396 e. The van der Waals surface area contributed by atoms with E-state index in [1.165, 1.54) is 0 Å². The van der Waals surface area contributed by atoms with E-state index in [0.29, 0.717) is 12.8 Å². The molecule has 0 radical (unpaired) electrons.